The average Bonchev–Trinajstić information content (AvgIpc) is 2.77. The van der Waals surface area contributed by atoms with Crippen molar-refractivity contribution < 1.29 is 9.47 Å². The summed E-state index contributed by atoms with van der Waals surface area (Å²) in [6.07, 6.45) is 4.11. The minimum atomic E-state index is -0.213. The highest BCUT2D eigenvalue weighted by Crippen LogP contribution is 2.36. The highest BCUT2D eigenvalue weighted by Gasteiger charge is 2.16. The number of aromatic nitrogens is 2. The molecule has 3 rings (SSSR count). The van der Waals surface area contributed by atoms with Gasteiger partial charge >= 0.3 is 0 Å². The minimum absolute atomic E-state index is 0.0637. The number of rotatable bonds is 8. The molecule has 162 valence electrons. The number of ether oxygens (including phenoxy) is 2. The highest BCUT2D eigenvalue weighted by atomic mass is 79.9. The summed E-state index contributed by atoms with van der Waals surface area (Å²) < 4.78 is 14.0. The van der Waals surface area contributed by atoms with Crippen molar-refractivity contribution in [2.45, 2.75) is 26.2 Å². The zero-order valence-corrected chi connectivity index (χ0v) is 20.7. The largest absolute Gasteiger partial charge is 0.493 e. The molecule has 0 saturated heterocycles. The second-order valence-corrected chi connectivity index (χ2v) is 8.71. The van der Waals surface area contributed by atoms with Crippen LogP contribution in [0.1, 0.15) is 37.6 Å². The van der Waals surface area contributed by atoms with Crippen molar-refractivity contribution >= 4 is 49.0 Å². The van der Waals surface area contributed by atoms with Gasteiger partial charge in [-0.05, 0) is 58.2 Å². The summed E-state index contributed by atoms with van der Waals surface area (Å²) in [5, 5.41) is 5.01. The van der Waals surface area contributed by atoms with Crippen LogP contribution in [0.25, 0.3) is 10.9 Å². The smallest absolute Gasteiger partial charge is 0.282 e. The molecule has 31 heavy (non-hydrogen) atoms. The molecule has 2 aromatic carbocycles. The Morgan fingerprint density at radius 2 is 2.06 bits per heavy atom. The van der Waals surface area contributed by atoms with Crippen LogP contribution in [0.15, 0.2) is 61.8 Å². The monoisotopic (exact) mass is 547 g/mol. The Balaban J connectivity index is 2.12. The fourth-order valence-electron chi connectivity index (χ4n) is 3.00. The molecule has 0 aliphatic carbocycles. The lowest BCUT2D eigenvalue weighted by Crippen LogP contribution is -2.23. The first kappa shape index (κ1) is 23.2. The van der Waals surface area contributed by atoms with Gasteiger partial charge in [0.25, 0.3) is 5.56 Å². The Hall–Kier alpha value is -2.45. The average molecular weight is 549 g/mol. The van der Waals surface area contributed by atoms with Gasteiger partial charge in [-0.3, -0.25) is 4.79 Å². The van der Waals surface area contributed by atoms with E-state index in [4.69, 9.17) is 14.5 Å². The molecule has 1 heterocycles. The molecule has 0 saturated carbocycles. The Bertz CT molecular complexity index is 1200. The SMILES string of the molecule is C=CCOc1c(Br)cc(C=Nn2c([C@H](C)CC)nc3ccc(Br)cc3c2=O)cc1OC. The van der Waals surface area contributed by atoms with Gasteiger partial charge in [0, 0.05) is 10.4 Å². The summed E-state index contributed by atoms with van der Waals surface area (Å²) in [7, 11) is 1.57. The molecule has 1 aromatic heterocycles. The summed E-state index contributed by atoms with van der Waals surface area (Å²) >= 11 is 6.94. The van der Waals surface area contributed by atoms with Crippen LogP contribution in [0.2, 0.25) is 0 Å². The molecule has 8 heteroatoms. The summed E-state index contributed by atoms with van der Waals surface area (Å²) in [5.74, 6) is 1.81. The molecule has 0 unspecified atom stereocenters. The molecule has 0 aliphatic rings. The Kier molecular flexibility index (Phi) is 7.67. The summed E-state index contributed by atoms with van der Waals surface area (Å²) in [4.78, 5) is 18.0. The van der Waals surface area contributed by atoms with E-state index >= 15 is 0 Å². The van der Waals surface area contributed by atoms with Crippen LogP contribution in [0, 0.1) is 0 Å². The molecular formula is C23H23Br2N3O3. The number of fused-ring (bicyclic) bond motifs is 1. The highest BCUT2D eigenvalue weighted by molar-refractivity contribution is 9.10. The molecule has 0 bridgehead atoms. The molecule has 1 atom stereocenters. The second-order valence-electron chi connectivity index (χ2n) is 6.94. The van der Waals surface area contributed by atoms with E-state index in [1.807, 2.05) is 25.1 Å². The van der Waals surface area contributed by atoms with Crippen LogP contribution in [0.4, 0.5) is 0 Å². The van der Waals surface area contributed by atoms with Gasteiger partial charge in [-0.2, -0.15) is 9.78 Å². The van der Waals surface area contributed by atoms with Crippen molar-refractivity contribution in [3.05, 3.63) is 73.7 Å². The van der Waals surface area contributed by atoms with Crippen molar-refractivity contribution in [3.8, 4) is 11.5 Å². The van der Waals surface area contributed by atoms with Crippen LogP contribution < -0.4 is 15.0 Å². The first-order chi connectivity index (χ1) is 14.9. The summed E-state index contributed by atoms with van der Waals surface area (Å²) in [6, 6.07) is 9.13. The topological polar surface area (TPSA) is 65.7 Å². The molecule has 0 radical (unpaired) electrons. The van der Waals surface area contributed by atoms with Gasteiger partial charge in [0.05, 0.1) is 28.7 Å². The predicted molar refractivity (Wildman–Crippen MR) is 132 cm³/mol. The zero-order chi connectivity index (χ0) is 22.5. The van der Waals surface area contributed by atoms with Gasteiger partial charge in [0.2, 0.25) is 0 Å². The fraction of sp³-hybridized carbons (Fsp3) is 0.261. The number of hydrogen-bond donors (Lipinski definition) is 0. The summed E-state index contributed by atoms with van der Waals surface area (Å²) in [5.41, 5.74) is 1.18. The van der Waals surface area contributed by atoms with Crippen LogP contribution in [0.3, 0.4) is 0 Å². The van der Waals surface area contributed by atoms with E-state index < -0.39 is 0 Å². The molecule has 6 nitrogen and oxygen atoms in total. The quantitative estimate of drug-likeness (QED) is 0.260. The molecule has 0 aliphatic heterocycles. The van der Waals surface area contributed by atoms with Crippen molar-refractivity contribution in [2.24, 2.45) is 5.10 Å². The van der Waals surface area contributed by atoms with Crippen molar-refractivity contribution in [1.82, 2.24) is 9.66 Å². The maximum absolute atomic E-state index is 13.2. The number of halogens is 2. The van der Waals surface area contributed by atoms with E-state index in [1.165, 1.54) is 4.68 Å². The Labute approximate surface area is 197 Å². The van der Waals surface area contributed by atoms with Crippen molar-refractivity contribution in [2.75, 3.05) is 13.7 Å². The Morgan fingerprint density at radius 1 is 1.29 bits per heavy atom. The van der Waals surface area contributed by atoms with E-state index in [0.29, 0.717) is 39.3 Å². The lowest BCUT2D eigenvalue weighted by atomic mass is 10.1. The maximum Gasteiger partial charge on any atom is 0.282 e. The van der Waals surface area contributed by atoms with Gasteiger partial charge < -0.3 is 9.47 Å². The van der Waals surface area contributed by atoms with Crippen LogP contribution in [-0.4, -0.2) is 29.6 Å². The van der Waals surface area contributed by atoms with Gasteiger partial charge in [-0.25, -0.2) is 4.98 Å². The normalized spacial score (nSPS) is 12.3. The minimum Gasteiger partial charge on any atom is -0.493 e. The lowest BCUT2D eigenvalue weighted by molar-refractivity contribution is 0.324. The van der Waals surface area contributed by atoms with Gasteiger partial charge in [0.1, 0.15) is 12.4 Å². The number of benzene rings is 2. The van der Waals surface area contributed by atoms with Crippen molar-refractivity contribution in [3.63, 3.8) is 0 Å². The Morgan fingerprint density at radius 3 is 2.74 bits per heavy atom. The van der Waals surface area contributed by atoms with E-state index in [9.17, 15) is 4.79 Å². The van der Waals surface area contributed by atoms with Crippen molar-refractivity contribution in [1.29, 1.82) is 0 Å². The zero-order valence-electron chi connectivity index (χ0n) is 17.6. The van der Waals surface area contributed by atoms with Crippen LogP contribution in [0.5, 0.6) is 11.5 Å². The lowest BCUT2D eigenvalue weighted by Gasteiger charge is -2.14. The third kappa shape index (κ3) is 5.07. The van der Waals surface area contributed by atoms with Crippen LogP contribution >= 0.6 is 31.9 Å². The molecule has 0 fully saturated rings. The maximum atomic E-state index is 13.2. The van der Waals surface area contributed by atoms with E-state index in [0.717, 1.165) is 16.5 Å². The summed E-state index contributed by atoms with van der Waals surface area (Å²) in [6.45, 7) is 8.11. The third-order valence-electron chi connectivity index (χ3n) is 4.81. The van der Waals surface area contributed by atoms with E-state index in [2.05, 4.69) is 50.5 Å². The fourth-order valence-corrected chi connectivity index (χ4v) is 3.94. The van der Waals surface area contributed by atoms with Crippen LogP contribution in [-0.2, 0) is 0 Å². The first-order valence-corrected chi connectivity index (χ1v) is 11.4. The predicted octanol–water partition coefficient (Wildman–Crippen LogP) is 5.89. The number of hydrogen-bond acceptors (Lipinski definition) is 5. The van der Waals surface area contributed by atoms with Gasteiger partial charge in [-0.1, -0.05) is 42.4 Å². The molecule has 0 spiro atoms. The second kappa shape index (κ2) is 10.2. The molecular weight excluding hydrogens is 526 g/mol. The van der Waals surface area contributed by atoms with E-state index in [-0.39, 0.29) is 11.5 Å². The van der Waals surface area contributed by atoms with Gasteiger partial charge in [-0.15, -0.1) is 0 Å². The molecule has 3 aromatic rings. The molecule has 0 amide bonds. The number of methoxy groups -OCH3 is 1. The first-order valence-electron chi connectivity index (χ1n) is 9.77. The van der Waals surface area contributed by atoms with E-state index in [1.54, 1.807) is 31.5 Å². The van der Waals surface area contributed by atoms with Gasteiger partial charge in [0.15, 0.2) is 11.5 Å². The standard InChI is InChI=1S/C23H23Br2N3O3/c1-5-9-31-21-18(25)10-15(11-20(21)30-4)13-26-28-22(14(3)6-2)27-19-8-7-16(24)12-17(19)23(28)29/h5,7-8,10-14H,1,6,9H2,2-4H3/t14-/m1/s1. The third-order valence-corrected chi connectivity index (χ3v) is 5.89. The molecule has 0 N–H and O–H groups in total. The number of nitrogens with zero attached hydrogens (tertiary/aromatic N) is 3.